The summed E-state index contributed by atoms with van der Waals surface area (Å²) in [5, 5.41) is 2.27. The van der Waals surface area contributed by atoms with Gasteiger partial charge in [0.25, 0.3) is 0 Å². The van der Waals surface area contributed by atoms with Crippen LogP contribution in [0.15, 0.2) is 34.0 Å². The molecular weight excluding hydrogens is 288 g/mol. The normalized spacial score (nSPS) is 14.0. The van der Waals surface area contributed by atoms with E-state index in [0.29, 0.717) is 0 Å². The van der Waals surface area contributed by atoms with Crippen LogP contribution in [0.2, 0.25) is 0 Å². The minimum atomic E-state index is 0.0938. The maximum absolute atomic E-state index is 6.31. The van der Waals surface area contributed by atoms with E-state index >= 15 is 0 Å². The molecule has 5 heteroatoms. The van der Waals surface area contributed by atoms with E-state index in [-0.39, 0.29) is 11.3 Å². The third-order valence-corrected chi connectivity index (χ3v) is 5.61. The number of thiazole rings is 1. The summed E-state index contributed by atoms with van der Waals surface area (Å²) in [6.45, 7) is 4.13. The average molecular weight is 308 g/mol. The molecule has 1 aromatic heterocycles. The first-order valence-corrected chi connectivity index (χ1v) is 8.38. The van der Waals surface area contributed by atoms with Gasteiger partial charge in [0.1, 0.15) is 5.75 Å². The highest BCUT2D eigenvalue weighted by Crippen LogP contribution is 2.40. The Morgan fingerprint density at radius 1 is 1.45 bits per heavy atom. The van der Waals surface area contributed by atoms with Crippen molar-refractivity contribution >= 4 is 23.1 Å². The number of hydrogen-bond donors (Lipinski definition) is 1. The van der Waals surface area contributed by atoms with E-state index < -0.39 is 0 Å². The Morgan fingerprint density at radius 2 is 2.25 bits per heavy atom. The molecule has 1 heterocycles. The lowest BCUT2D eigenvalue weighted by molar-refractivity contribution is 0.414. The molecule has 0 aliphatic heterocycles. The van der Waals surface area contributed by atoms with Crippen LogP contribution in [0, 0.1) is 6.92 Å². The highest BCUT2D eigenvalue weighted by atomic mass is 32.2. The molecule has 108 valence electrons. The summed E-state index contributed by atoms with van der Waals surface area (Å²) in [6.07, 6.45) is 0.930. The van der Waals surface area contributed by atoms with Crippen LogP contribution < -0.4 is 10.5 Å². The molecule has 2 rings (SSSR count). The summed E-state index contributed by atoms with van der Waals surface area (Å²) in [7, 11) is 1.69. The molecule has 0 fully saturated rings. The van der Waals surface area contributed by atoms with Crippen molar-refractivity contribution in [3.8, 4) is 5.75 Å². The van der Waals surface area contributed by atoms with Gasteiger partial charge in [-0.1, -0.05) is 30.8 Å². The minimum absolute atomic E-state index is 0.0938. The Kier molecular flexibility index (Phi) is 5.46. The van der Waals surface area contributed by atoms with E-state index in [4.69, 9.17) is 10.5 Å². The first kappa shape index (κ1) is 15.4. The lowest BCUT2D eigenvalue weighted by Gasteiger charge is -2.22. The summed E-state index contributed by atoms with van der Waals surface area (Å²) < 4.78 is 6.38. The number of thioether (sulfide) groups is 1. The summed E-state index contributed by atoms with van der Waals surface area (Å²) in [5.41, 5.74) is 8.56. The Labute approximate surface area is 128 Å². The van der Waals surface area contributed by atoms with E-state index in [2.05, 4.69) is 29.4 Å². The first-order valence-electron chi connectivity index (χ1n) is 6.62. The lowest BCUT2D eigenvalue weighted by atomic mass is 10.0. The molecule has 2 atom stereocenters. The van der Waals surface area contributed by atoms with Gasteiger partial charge in [-0.25, -0.2) is 4.98 Å². The molecule has 0 amide bonds. The van der Waals surface area contributed by atoms with Gasteiger partial charge < -0.3 is 10.5 Å². The zero-order valence-corrected chi connectivity index (χ0v) is 13.6. The molecule has 2 N–H and O–H groups in total. The molecule has 0 aliphatic carbocycles. The zero-order valence-electron chi connectivity index (χ0n) is 12.0. The Morgan fingerprint density at radius 3 is 2.85 bits per heavy atom. The second-order valence-corrected chi connectivity index (χ2v) is 6.89. The number of methoxy groups -OCH3 is 1. The summed E-state index contributed by atoms with van der Waals surface area (Å²) in [4.78, 5) is 4.53. The Hall–Kier alpha value is -1.04. The molecule has 0 spiro atoms. The molecule has 0 radical (unpaired) electrons. The largest absolute Gasteiger partial charge is 0.497 e. The van der Waals surface area contributed by atoms with Gasteiger partial charge in [-0.05, 0) is 31.0 Å². The number of ether oxygens (including phenoxy) is 1. The van der Waals surface area contributed by atoms with Crippen LogP contribution in [-0.2, 0) is 0 Å². The lowest BCUT2D eigenvalue weighted by Crippen LogP contribution is -2.25. The van der Waals surface area contributed by atoms with Gasteiger partial charge in [0.05, 0.1) is 12.4 Å². The smallest absolute Gasteiger partial charge is 0.150 e. The predicted octanol–water partition coefficient (Wildman–Crippen LogP) is 4.03. The number of aromatic nitrogens is 1. The highest BCUT2D eigenvalue weighted by Gasteiger charge is 2.21. The van der Waals surface area contributed by atoms with Crippen molar-refractivity contribution in [1.82, 2.24) is 4.98 Å². The predicted molar refractivity (Wildman–Crippen MR) is 86.7 cm³/mol. The summed E-state index contributed by atoms with van der Waals surface area (Å²) in [6, 6.07) is 8.23. The van der Waals surface area contributed by atoms with Crippen molar-refractivity contribution in [2.45, 2.75) is 35.9 Å². The van der Waals surface area contributed by atoms with Gasteiger partial charge in [0.2, 0.25) is 0 Å². The number of nitrogens with zero attached hydrogens (tertiary/aromatic N) is 1. The minimum Gasteiger partial charge on any atom is -0.497 e. The van der Waals surface area contributed by atoms with Crippen molar-refractivity contribution < 1.29 is 4.74 Å². The van der Waals surface area contributed by atoms with Crippen molar-refractivity contribution in [3.63, 3.8) is 0 Å². The molecule has 0 bridgehead atoms. The molecule has 2 unspecified atom stereocenters. The van der Waals surface area contributed by atoms with Gasteiger partial charge in [-0.15, -0.1) is 11.3 Å². The van der Waals surface area contributed by atoms with E-state index in [1.54, 1.807) is 30.2 Å². The van der Waals surface area contributed by atoms with Crippen molar-refractivity contribution in [3.05, 3.63) is 40.9 Å². The molecule has 0 aliphatic rings. The van der Waals surface area contributed by atoms with Gasteiger partial charge >= 0.3 is 0 Å². The maximum atomic E-state index is 6.31. The third-order valence-electron chi connectivity index (χ3n) is 3.11. The molecule has 2 aromatic rings. The highest BCUT2D eigenvalue weighted by molar-refractivity contribution is 8.01. The van der Waals surface area contributed by atoms with Crippen LogP contribution in [0.5, 0.6) is 5.75 Å². The maximum Gasteiger partial charge on any atom is 0.150 e. The molecule has 1 aromatic carbocycles. The van der Waals surface area contributed by atoms with E-state index in [9.17, 15) is 0 Å². The summed E-state index contributed by atoms with van der Waals surface area (Å²) in [5.74, 6) is 0.867. The van der Waals surface area contributed by atoms with Gasteiger partial charge in [-0.2, -0.15) is 0 Å². The number of rotatable bonds is 6. The van der Waals surface area contributed by atoms with E-state index in [0.717, 1.165) is 22.2 Å². The second kappa shape index (κ2) is 7.11. The third kappa shape index (κ3) is 3.75. The average Bonchev–Trinajstić information content (AvgIpc) is 2.89. The second-order valence-electron chi connectivity index (χ2n) is 4.64. The number of nitrogens with two attached hydrogens (primary N) is 1. The van der Waals surface area contributed by atoms with Gasteiger partial charge in [0.15, 0.2) is 4.34 Å². The molecule has 0 saturated carbocycles. The van der Waals surface area contributed by atoms with Crippen LogP contribution in [-0.4, -0.2) is 18.1 Å². The van der Waals surface area contributed by atoms with Crippen LogP contribution in [0.1, 0.15) is 29.9 Å². The number of aryl methyl sites for hydroxylation is 1. The van der Waals surface area contributed by atoms with Crippen LogP contribution in [0.3, 0.4) is 0 Å². The van der Waals surface area contributed by atoms with Crippen molar-refractivity contribution in [2.75, 3.05) is 7.11 Å². The van der Waals surface area contributed by atoms with Crippen molar-refractivity contribution in [1.29, 1.82) is 0 Å². The summed E-state index contributed by atoms with van der Waals surface area (Å²) >= 11 is 3.42. The van der Waals surface area contributed by atoms with E-state index in [1.807, 2.05) is 19.1 Å². The molecular formula is C15H20N2OS2. The Bertz CT molecular complexity index is 556. The van der Waals surface area contributed by atoms with Crippen LogP contribution >= 0.6 is 23.1 Å². The van der Waals surface area contributed by atoms with Crippen molar-refractivity contribution in [2.24, 2.45) is 5.73 Å². The fourth-order valence-corrected chi connectivity index (χ4v) is 4.19. The van der Waals surface area contributed by atoms with Gasteiger partial charge in [-0.3, -0.25) is 0 Å². The SMILES string of the molecule is CCC(N)C(Sc1nc(C)cs1)c1cccc(OC)c1. The fraction of sp³-hybridized carbons (Fsp3) is 0.400. The molecule has 3 nitrogen and oxygen atoms in total. The quantitative estimate of drug-likeness (QED) is 0.819. The topological polar surface area (TPSA) is 48.1 Å². The Balaban J connectivity index is 2.26. The molecule has 20 heavy (non-hydrogen) atoms. The van der Waals surface area contributed by atoms with Crippen LogP contribution in [0.25, 0.3) is 0 Å². The fourth-order valence-electron chi connectivity index (χ4n) is 1.93. The van der Waals surface area contributed by atoms with E-state index in [1.165, 1.54) is 5.56 Å². The zero-order chi connectivity index (χ0) is 14.5. The monoisotopic (exact) mass is 308 g/mol. The van der Waals surface area contributed by atoms with Gasteiger partial charge in [0, 0.05) is 17.1 Å². The first-order chi connectivity index (χ1) is 9.63. The standard InChI is InChI=1S/C15H20N2OS2/c1-4-13(16)14(20-15-17-10(2)9-19-15)11-6-5-7-12(8-11)18-3/h5-9,13-14H,4,16H2,1-3H3. The van der Waals surface area contributed by atoms with Crippen LogP contribution in [0.4, 0.5) is 0 Å². The number of benzene rings is 1. The number of hydrogen-bond acceptors (Lipinski definition) is 5. The molecule has 0 saturated heterocycles.